The number of hydrogen-bond donors (Lipinski definition) is 2. The Morgan fingerprint density at radius 2 is 1.83 bits per heavy atom. The van der Waals surface area contributed by atoms with Crippen molar-refractivity contribution in [2.75, 3.05) is 33.2 Å². The molecule has 3 heterocycles. The smallest absolute Gasteiger partial charge is 0.190 e. The van der Waals surface area contributed by atoms with Gasteiger partial charge in [0.1, 0.15) is 11.6 Å². The van der Waals surface area contributed by atoms with Crippen LogP contribution in [0.15, 0.2) is 4.99 Å². The third-order valence-corrected chi connectivity index (χ3v) is 6.13. The van der Waals surface area contributed by atoms with Crippen molar-refractivity contribution in [1.29, 1.82) is 0 Å². The number of halogens is 1. The molecule has 1 atom stereocenters. The van der Waals surface area contributed by atoms with Gasteiger partial charge in [0.05, 0.1) is 0 Å². The Labute approximate surface area is 193 Å². The molecule has 1 saturated heterocycles. The number of likely N-dealkylation sites (tertiary alicyclic amines) is 1. The molecule has 2 aliphatic heterocycles. The third-order valence-electron chi connectivity index (χ3n) is 6.13. The molecule has 1 fully saturated rings. The van der Waals surface area contributed by atoms with Gasteiger partial charge in [-0.3, -0.25) is 4.99 Å². The molecule has 0 bridgehead atoms. The highest BCUT2D eigenvalue weighted by Gasteiger charge is 2.17. The average molecular weight is 518 g/mol. The maximum Gasteiger partial charge on any atom is 0.190 e. The van der Waals surface area contributed by atoms with Crippen LogP contribution in [0, 0.1) is 0 Å². The number of aryl methyl sites for hydroxylation is 2. The molecule has 0 radical (unpaired) electrons. The van der Waals surface area contributed by atoms with Crippen LogP contribution in [-0.2, 0) is 19.4 Å². The van der Waals surface area contributed by atoms with Gasteiger partial charge in [0.25, 0.3) is 0 Å². The van der Waals surface area contributed by atoms with Gasteiger partial charge in [0.15, 0.2) is 5.96 Å². The fourth-order valence-corrected chi connectivity index (χ4v) is 4.38. The van der Waals surface area contributed by atoms with Gasteiger partial charge in [-0.2, -0.15) is 0 Å². The second kappa shape index (κ2) is 13.4. The zero-order valence-electron chi connectivity index (χ0n) is 18.3. The number of guanidine groups is 1. The van der Waals surface area contributed by atoms with Crippen LogP contribution in [0.2, 0.25) is 0 Å². The molecule has 7 nitrogen and oxygen atoms in total. The van der Waals surface area contributed by atoms with Gasteiger partial charge in [-0.15, -0.1) is 34.2 Å². The molecule has 0 aliphatic carbocycles. The Kier molecular flexibility index (Phi) is 11.3. The van der Waals surface area contributed by atoms with Crippen molar-refractivity contribution in [2.24, 2.45) is 4.99 Å². The minimum Gasteiger partial charge on any atom is -0.356 e. The number of nitrogens with one attached hydrogen (secondary N) is 2. The van der Waals surface area contributed by atoms with Gasteiger partial charge in [0, 0.05) is 52.1 Å². The Hall–Kier alpha value is -0.900. The quantitative estimate of drug-likeness (QED) is 0.240. The van der Waals surface area contributed by atoms with Crippen LogP contribution in [-0.4, -0.2) is 64.9 Å². The van der Waals surface area contributed by atoms with E-state index in [2.05, 4.69) is 42.2 Å². The third kappa shape index (κ3) is 7.70. The summed E-state index contributed by atoms with van der Waals surface area (Å²) < 4.78 is 2.35. The topological polar surface area (TPSA) is 70.4 Å². The molecular weight excluding hydrogens is 477 g/mol. The van der Waals surface area contributed by atoms with Crippen LogP contribution in [0.3, 0.4) is 0 Å². The Morgan fingerprint density at radius 3 is 2.62 bits per heavy atom. The standard InChI is InChI=1S/C21H39N7.HI/c1-18-10-5-7-15-27(18)16-9-14-24-21(22-2)23-13-8-12-20-26-25-19-11-4-3-6-17-28(19)20;/h18H,3-17H2,1-2H3,(H2,22,23,24);1H. The molecule has 1 aromatic rings. The summed E-state index contributed by atoms with van der Waals surface area (Å²) in [5.74, 6) is 3.24. The van der Waals surface area contributed by atoms with E-state index in [0.717, 1.165) is 63.1 Å². The lowest BCUT2D eigenvalue weighted by molar-refractivity contribution is 0.159. The lowest BCUT2D eigenvalue weighted by Gasteiger charge is -2.33. The number of fused-ring (bicyclic) bond motifs is 1. The summed E-state index contributed by atoms with van der Waals surface area (Å²) >= 11 is 0. The molecule has 0 spiro atoms. The summed E-state index contributed by atoms with van der Waals surface area (Å²) in [5.41, 5.74) is 0. The predicted molar refractivity (Wildman–Crippen MR) is 130 cm³/mol. The van der Waals surface area contributed by atoms with Crippen molar-refractivity contribution in [3.8, 4) is 0 Å². The summed E-state index contributed by atoms with van der Waals surface area (Å²) in [5, 5.41) is 15.7. The Balaban J connectivity index is 0.00000300. The van der Waals surface area contributed by atoms with Gasteiger partial charge in [-0.25, -0.2) is 0 Å². The SMILES string of the molecule is CN=C(NCCCc1nnc2n1CCCCC2)NCCCN1CCCCC1C.I. The lowest BCUT2D eigenvalue weighted by atomic mass is 10.0. The monoisotopic (exact) mass is 517 g/mol. The second-order valence-corrected chi connectivity index (χ2v) is 8.26. The second-order valence-electron chi connectivity index (χ2n) is 8.26. The van der Waals surface area contributed by atoms with Crippen molar-refractivity contribution in [3.05, 3.63) is 11.6 Å². The minimum absolute atomic E-state index is 0. The molecule has 1 unspecified atom stereocenters. The van der Waals surface area contributed by atoms with Gasteiger partial charge < -0.3 is 20.1 Å². The lowest BCUT2D eigenvalue weighted by Crippen LogP contribution is -2.41. The van der Waals surface area contributed by atoms with Crippen LogP contribution < -0.4 is 10.6 Å². The number of rotatable bonds is 8. The first-order chi connectivity index (χ1) is 13.8. The molecule has 0 amide bonds. The summed E-state index contributed by atoms with van der Waals surface area (Å²) in [6, 6.07) is 0.749. The van der Waals surface area contributed by atoms with E-state index in [9.17, 15) is 0 Å². The van der Waals surface area contributed by atoms with Gasteiger partial charge in [0.2, 0.25) is 0 Å². The fourth-order valence-electron chi connectivity index (χ4n) is 4.38. The van der Waals surface area contributed by atoms with Crippen molar-refractivity contribution < 1.29 is 0 Å². The Morgan fingerprint density at radius 1 is 1.03 bits per heavy atom. The molecule has 29 heavy (non-hydrogen) atoms. The van der Waals surface area contributed by atoms with Crippen LogP contribution in [0.1, 0.15) is 69.9 Å². The number of hydrogen-bond acceptors (Lipinski definition) is 4. The fraction of sp³-hybridized carbons (Fsp3) is 0.857. The maximum atomic E-state index is 4.42. The summed E-state index contributed by atoms with van der Waals surface area (Å²) in [6.07, 6.45) is 12.2. The number of nitrogens with zero attached hydrogens (tertiary/aromatic N) is 5. The van der Waals surface area contributed by atoms with Crippen molar-refractivity contribution >= 4 is 29.9 Å². The van der Waals surface area contributed by atoms with Gasteiger partial charge >= 0.3 is 0 Å². The summed E-state index contributed by atoms with van der Waals surface area (Å²) in [6.45, 7) is 7.78. The number of aliphatic imine (C=N–C) groups is 1. The average Bonchev–Trinajstić information content (AvgIpc) is 2.94. The highest BCUT2D eigenvalue weighted by molar-refractivity contribution is 14.0. The highest BCUT2D eigenvalue weighted by Crippen LogP contribution is 2.16. The number of piperidine rings is 1. The van der Waals surface area contributed by atoms with E-state index in [-0.39, 0.29) is 24.0 Å². The van der Waals surface area contributed by atoms with Gasteiger partial charge in [-0.05, 0) is 52.0 Å². The van der Waals surface area contributed by atoms with Crippen LogP contribution >= 0.6 is 24.0 Å². The van der Waals surface area contributed by atoms with Crippen molar-refractivity contribution in [2.45, 2.75) is 83.7 Å². The van der Waals surface area contributed by atoms with E-state index in [1.165, 1.54) is 57.4 Å². The normalized spacial score (nSPS) is 20.5. The van der Waals surface area contributed by atoms with E-state index in [1.807, 2.05) is 7.05 Å². The van der Waals surface area contributed by atoms with Gasteiger partial charge in [-0.1, -0.05) is 12.8 Å². The van der Waals surface area contributed by atoms with E-state index in [0.29, 0.717) is 0 Å². The molecule has 2 aliphatic rings. The van der Waals surface area contributed by atoms with E-state index >= 15 is 0 Å². The Bertz CT molecular complexity index is 616. The molecule has 3 rings (SSSR count). The van der Waals surface area contributed by atoms with Crippen molar-refractivity contribution in [1.82, 2.24) is 30.3 Å². The molecule has 0 aromatic carbocycles. The van der Waals surface area contributed by atoms with E-state index in [1.54, 1.807) is 0 Å². The predicted octanol–water partition coefficient (Wildman–Crippen LogP) is 2.98. The maximum absolute atomic E-state index is 4.42. The molecule has 2 N–H and O–H groups in total. The molecule has 1 aromatic heterocycles. The summed E-state index contributed by atoms with van der Waals surface area (Å²) in [4.78, 5) is 6.98. The highest BCUT2D eigenvalue weighted by atomic mass is 127. The largest absolute Gasteiger partial charge is 0.356 e. The van der Waals surface area contributed by atoms with Crippen LogP contribution in [0.5, 0.6) is 0 Å². The van der Waals surface area contributed by atoms with Crippen LogP contribution in [0.4, 0.5) is 0 Å². The minimum atomic E-state index is 0. The van der Waals surface area contributed by atoms with Crippen molar-refractivity contribution in [3.63, 3.8) is 0 Å². The zero-order valence-corrected chi connectivity index (χ0v) is 20.7. The zero-order chi connectivity index (χ0) is 19.6. The molecular formula is C21H40IN7. The van der Waals surface area contributed by atoms with E-state index in [4.69, 9.17) is 0 Å². The first kappa shape index (κ1) is 24.4. The molecule has 166 valence electrons. The molecule has 8 heteroatoms. The first-order valence-electron chi connectivity index (χ1n) is 11.4. The van der Waals surface area contributed by atoms with E-state index < -0.39 is 0 Å². The number of aromatic nitrogens is 3. The van der Waals surface area contributed by atoms with Crippen LogP contribution in [0.25, 0.3) is 0 Å². The summed E-state index contributed by atoms with van der Waals surface area (Å²) in [7, 11) is 1.85. The first-order valence-corrected chi connectivity index (χ1v) is 11.4. The molecule has 0 saturated carbocycles.